The molecule has 1 aromatic carbocycles. The highest BCUT2D eigenvalue weighted by Gasteiger charge is 2.74. The molecule has 1 aromatic heterocycles. The highest BCUT2D eigenvalue weighted by molar-refractivity contribution is 7.11. The number of hydrogen-bond acceptors (Lipinski definition) is 7. The molecule has 0 unspecified atom stereocenters. The van der Waals surface area contributed by atoms with Crippen LogP contribution in [-0.2, 0) is 11.8 Å². The Hall–Kier alpha value is -2.19. The third-order valence-electron chi connectivity index (χ3n) is 10.0. The lowest BCUT2D eigenvalue weighted by atomic mass is 9.42. The summed E-state index contributed by atoms with van der Waals surface area (Å²) in [6.45, 7) is 3.24. The van der Waals surface area contributed by atoms with Crippen molar-refractivity contribution in [2.24, 2.45) is 11.3 Å². The fourth-order valence-electron chi connectivity index (χ4n) is 8.67. The van der Waals surface area contributed by atoms with Gasteiger partial charge in [0.1, 0.15) is 11.6 Å². The largest absolute Gasteiger partial charge is 0.504 e. The van der Waals surface area contributed by atoms with E-state index >= 15 is 0 Å². The number of phenols is 1. The van der Waals surface area contributed by atoms with Crippen molar-refractivity contribution in [2.75, 3.05) is 19.6 Å². The number of aromatic nitrogens is 2. The minimum absolute atomic E-state index is 0.0186. The van der Waals surface area contributed by atoms with Gasteiger partial charge < -0.3 is 14.7 Å². The molecule has 2 saturated carbocycles. The number of benzene rings is 1. The van der Waals surface area contributed by atoms with Crippen LogP contribution in [0.5, 0.6) is 11.5 Å². The predicted molar refractivity (Wildman–Crippen MR) is 124 cm³/mol. The third-order valence-corrected chi connectivity index (χ3v) is 10.7. The van der Waals surface area contributed by atoms with E-state index in [4.69, 9.17) is 10.1 Å². The molecule has 172 valence electrons. The normalized spacial score (nSPS) is 38.1. The lowest BCUT2D eigenvalue weighted by Gasteiger charge is -2.66. The van der Waals surface area contributed by atoms with E-state index in [1.807, 2.05) is 6.07 Å². The number of hydrogen-bond donors (Lipinski definition) is 2. The lowest BCUT2D eigenvalue weighted by molar-refractivity contribution is -0.128. The van der Waals surface area contributed by atoms with Gasteiger partial charge in [0.05, 0.1) is 6.04 Å². The monoisotopic (exact) mass is 463 g/mol. The van der Waals surface area contributed by atoms with E-state index in [1.54, 1.807) is 5.51 Å². The molecule has 8 heteroatoms. The molecule has 2 N–H and O–H groups in total. The molecule has 5 atom stereocenters. The molecular weight excluding hydrogens is 434 g/mol. The first-order valence-electron chi connectivity index (χ1n) is 12.5. The molecule has 5 heterocycles. The number of nitrogens with zero attached hydrogens (tertiary/aromatic N) is 4. The maximum absolute atomic E-state index is 10.9. The quantitative estimate of drug-likeness (QED) is 0.537. The Labute approximate surface area is 197 Å². The molecule has 9 rings (SSSR count). The average Bonchev–Trinajstić information content (AvgIpc) is 3.41. The van der Waals surface area contributed by atoms with Gasteiger partial charge in [-0.15, -0.1) is 10.2 Å². The van der Waals surface area contributed by atoms with Crippen LogP contribution in [0.2, 0.25) is 0 Å². The van der Waals surface area contributed by atoms with Gasteiger partial charge in [-0.05, 0) is 69.0 Å². The van der Waals surface area contributed by atoms with Crippen molar-refractivity contribution in [3.63, 3.8) is 0 Å². The van der Waals surface area contributed by atoms with Gasteiger partial charge in [0, 0.05) is 35.5 Å². The van der Waals surface area contributed by atoms with Gasteiger partial charge in [0.15, 0.2) is 22.3 Å². The van der Waals surface area contributed by atoms with Crippen molar-refractivity contribution in [1.82, 2.24) is 20.0 Å². The molecule has 3 aliphatic carbocycles. The molecule has 3 saturated heterocycles. The number of fused-ring (bicyclic) bond motifs is 3. The molecule has 7 nitrogen and oxygen atoms in total. The van der Waals surface area contributed by atoms with E-state index in [0.717, 1.165) is 50.4 Å². The maximum atomic E-state index is 10.9. The number of amidine groups is 1. The minimum Gasteiger partial charge on any atom is -0.504 e. The number of ether oxygens (including phenoxy) is 1. The molecule has 4 bridgehead atoms. The average molecular weight is 464 g/mol. The Balaban J connectivity index is 1.31. The summed E-state index contributed by atoms with van der Waals surface area (Å²) in [4.78, 5) is 5.11. The molecular formula is C25H29N5O2S. The minimum atomic E-state index is -0.0571. The number of phenolic OH excluding ortho intramolecular Hbond substituents is 1. The van der Waals surface area contributed by atoms with Crippen molar-refractivity contribution in [1.29, 1.82) is 5.41 Å². The molecule has 2 aromatic rings. The Morgan fingerprint density at radius 1 is 1.21 bits per heavy atom. The lowest BCUT2D eigenvalue weighted by Crippen LogP contribution is -2.72. The van der Waals surface area contributed by atoms with Crippen LogP contribution >= 0.6 is 11.3 Å². The van der Waals surface area contributed by atoms with Crippen LogP contribution in [0.1, 0.15) is 54.7 Å². The van der Waals surface area contributed by atoms with Gasteiger partial charge in [-0.2, -0.15) is 0 Å². The van der Waals surface area contributed by atoms with Crippen molar-refractivity contribution in [2.45, 2.75) is 68.5 Å². The molecule has 4 aliphatic heterocycles. The van der Waals surface area contributed by atoms with Crippen LogP contribution in [0.25, 0.3) is 0 Å². The predicted octanol–water partition coefficient (Wildman–Crippen LogP) is 3.16. The van der Waals surface area contributed by atoms with E-state index in [-0.39, 0.29) is 28.7 Å². The Kier molecular flexibility index (Phi) is 3.64. The zero-order valence-corrected chi connectivity index (χ0v) is 19.5. The third kappa shape index (κ3) is 2.22. The van der Waals surface area contributed by atoms with E-state index in [0.29, 0.717) is 16.9 Å². The first-order chi connectivity index (χ1) is 16.1. The van der Waals surface area contributed by atoms with Crippen molar-refractivity contribution in [3.05, 3.63) is 33.8 Å². The second-order valence-corrected chi connectivity index (χ2v) is 12.0. The van der Waals surface area contributed by atoms with E-state index < -0.39 is 0 Å². The molecule has 0 amide bonds. The zero-order chi connectivity index (χ0) is 21.9. The number of aromatic hydroxyl groups is 1. The van der Waals surface area contributed by atoms with Gasteiger partial charge in [-0.1, -0.05) is 17.4 Å². The Morgan fingerprint density at radius 2 is 2.12 bits per heavy atom. The van der Waals surface area contributed by atoms with E-state index in [2.05, 4.69) is 26.1 Å². The van der Waals surface area contributed by atoms with E-state index in [1.165, 1.54) is 48.3 Å². The van der Waals surface area contributed by atoms with Crippen molar-refractivity contribution < 1.29 is 9.84 Å². The summed E-state index contributed by atoms with van der Waals surface area (Å²) < 4.78 is 6.81. The smallest absolute Gasteiger partial charge is 0.182 e. The van der Waals surface area contributed by atoms with Crippen LogP contribution in [0.15, 0.2) is 17.6 Å². The molecule has 5 fully saturated rings. The summed E-state index contributed by atoms with van der Waals surface area (Å²) in [5.74, 6) is 2.40. The molecule has 7 aliphatic rings. The summed E-state index contributed by atoms with van der Waals surface area (Å²) in [5, 5.41) is 28.8. The molecule has 0 radical (unpaired) electrons. The molecule has 2 spiro atoms. The van der Waals surface area contributed by atoms with Crippen molar-refractivity contribution in [3.8, 4) is 11.5 Å². The van der Waals surface area contributed by atoms with Gasteiger partial charge >= 0.3 is 0 Å². The van der Waals surface area contributed by atoms with E-state index in [9.17, 15) is 5.11 Å². The van der Waals surface area contributed by atoms with Gasteiger partial charge in [0.25, 0.3) is 0 Å². The maximum Gasteiger partial charge on any atom is 0.182 e. The SMILES string of the molecule is N=C(c1nncs1)N1CC[C@@]23CC[C@@H]1[C@@H]1Oc4c(O)ccc5c4[C@@]12CCN(CC1CC1)[C@@H]3C5. The highest BCUT2D eigenvalue weighted by Crippen LogP contribution is 2.71. The number of likely N-dealkylation sites (tertiary alicyclic amines) is 1. The first kappa shape index (κ1) is 19.2. The zero-order valence-electron chi connectivity index (χ0n) is 18.7. The van der Waals surface area contributed by atoms with Gasteiger partial charge in [0.2, 0.25) is 0 Å². The van der Waals surface area contributed by atoms with Crippen LogP contribution in [0.4, 0.5) is 0 Å². The topological polar surface area (TPSA) is 85.6 Å². The molecule has 33 heavy (non-hydrogen) atoms. The Bertz CT molecular complexity index is 1170. The number of nitrogens with one attached hydrogen (secondary N) is 1. The van der Waals surface area contributed by atoms with Crippen LogP contribution in [0.3, 0.4) is 0 Å². The fraction of sp³-hybridized carbons (Fsp3) is 0.640. The first-order valence-corrected chi connectivity index (χ1v) is 13.4. The van der Waals surface area contributed by atoms with Crippen molar-refractivity contribution >= 4 is 17.2 Å². The van der Waals surface area contributed by atoms with Crippen LogP contribution in [-0.4, -0.2) is 68.8 Å². The summed E-state index contributed by atoms with van der Waals surface area (Å²) in [6.07, 6.45) is 8.20. The summed E-state index contributed by atoms with van der Waals surface area (Å²) in [7, 11) is 0. The summed E-state index contributed by atoms with van der Waals surface area (Å²) in [5.41, 5.74) is 4.51. The Morgan fingerprint density at radius 3 is 2.94 bits per heavy atom. The summed E-state index contributed by atoms with van der Waals surface area (Å²) in [6, 6.07) is 4.67. The van der Waals surface area contributed by atoms with Crippen LogP contribution < -0.4 is 4.74 Å². The van der Waals surface area contributed by atoms with Gasteiger partial charge in [-0.3, -0.25) is 10.3 Å². The fourth-order valence-corrected chi connectivity index (χ4v) is 9.18. The number of piperidine rings is 1. The van der Waals surface area contributed by atoms with Crippen LogP contribution in [0, 0.1) is 16.7 Å². The second kappa shape index (κ2) is 6.27. The highest BCUT2D eigenvalue weighted by atomic mass is 32.1. The standard InChI is InChI=1S/C25H29N5O2S/c26-22(23-28-27-13-33-23)30-10-7-24-6-5-16(30)21-25(24)8-9-29(12-14-1-2-14)18(24)11-15-3-4-17(31)20(32-21)19(15)25/h3-4,13-14,16,18,21,26,31H,1-2,5-12H2/t16-,18-,21+,24-,25+/m1/s1. The second-order valence-electron chi connectivity index (χ2n) is 11.2. The number of rotatable bonds is 3. The van der Waals surface area contributed by atoms with Gasteiger partial charge in [-0.25, -0.2) is 0 Å². The summed E-state index contributed by atoms with van der Waals surface area (Å²) >= 11 is 1.44.